The quantitative estimate of drug-likeness (QED) is 0.647. The van der Waals surface area contributed by atoms with Crippen molar-refractivity contribution in [1.82, 2.24) is 9.97 Å². The van der Waals surface area contributed by atoms with E-state index in [0.717, 1.165) is 45.7 Å². The first-order valence-electron chi connectivity index (χ1n) is 8.04. The normalized spacial score (nSPS) is 13.8. The van der Waals surface area contributed by atoms with Gasteiger partial charge in [0.25, 0.3) is 0 Å². The van der Waals surface area contributed by atoms with Crippen LogP contribution in [0.1, 0.15) is 18.4 Å². The Hall–Kier alpha value is -2.39. The number of hydrogen-bond donors (Lipinski definition) is 0. The van der Waals surface area contributed by atoms with Crippen molar-refractivity contribution in [3.8, 4) is 28.1 Å². The molecule has 0 spiro atoms. The summed E-state index contributed by atoms with van der Waals surface area (Å²) in [6, 6.07) is 12.1. The van der Waals surface area contributed by atoms with Gasteiger partial charge in [0.15, 0.2) is 0 Å². The molecule has 0 aliphatic heterocycles. The lowest BCUT2D eigenvalue weighted by atomic mass is 10.0. The first-order valence-corrected chi connectivity index (χ1v) is 8.41. The molecule has 120 valence electrons. The average Bonchev–Trinajstić information content (AvgIpc) is 3.39. The smallest absolute Gasteiger partial charge is 0.214 e. The number of benzene rings is 1. The van der Waals surface area contributed by atoms with E-state index in [1.807, 2.05) is 43.6 Å². The Morgan fingerprint density at radius 1 is 1.00 bits per heavy atom. The van der Waals surface area contributed by atoms with Gasteiger partial charge < -0.3 is 4.74 Å². The van der Waals surface area contributed by atoms with E-state index in [1.165, 1.54) is 0 Å². The van der Waals surface area contributed by atoms with Crippen molar-refractivity contribution >= 4 is 11.6 Å². The minimum absolute atomic E-state index is 0.337. The van der Waals surface area contributed by atoms with Crippen LogP contribution in [0.25, 0.3) is 22.3 Å². The molecule has 4 heteroatoms. The number of halogens is 1. The summed E-state index contributed by atoms with van der Waals surface area (Å²) in [4.78, 5) is 8.67. The summed E-state index contributed by atoms with van der Waals surface area (Å²) in [5.41, 5.74) is 5.19. The van der Waals surface area contributed by atoms with Crippen LogP contribution in [0.4, 0.5) is 0 Å². The van der Waals surface area contributed by atoms with Gasteiger partial charge in [-0.25, -0.2) is 4.98 Å². The Balaban J connectivity index is 1.69. The average molecular weight is 337 g/mol. The van der Waals surface area contributed by atoms with Crippen LogP contribution in [0.5, 0.6) is 5.88 Å². The van der Waals surface area contributed by atoms with Crippen LogP contribution < -0.4 is 4.74 Å². The van der Waals surface area contributed by atoms with Crippen molar-refractivity contribution in [3.05, 3.63) is 65.6 Å². The third-order valence-corrected chi connectivity index (χ3v) is 4.37. The lowest BCUT2D eigenvalue weighted by Crippen LogP contribution is -1.98. The molecule has 0 bridgehead atoms. The van der Waals surface area contributed by atoms with Crippen LogP contribution in [0, 0.1) is 6.92 Å². The van der Waals surface area contributed by atoms with E-state index in [0.29, 0.717) is 12.0 Å². The van der Waals surface area contributed by atoms with Gasteiger partial charge in [0, 0.05) is 46.4 Å². The van der Waals surface area contributed by atoms with Crippen molar-refractivity contribution in [2.45, 2.75) is 25.9 Å². The maximum atomic E-state index is 6.39. The molecule has 3 nitrogen and oxygen atoms in total. The van der Waals surface area contributed by atoms with Crippen LogP contribution >= 0.6 is 11.6 Å². The van der Waals surface area contributed by atoms with E-state index in [1.54, 1.807) is 6.20 Å². The highest BCUT2D eigenvalue weighted by atomic mass is 35.5. The number of aryl methyl sites for hydroxylation is 1. The van der Waals surface area contributed by atoms with Crippen molar-refractivity contribution in [3.63, 3.8) is 0 Å². The van der Waals surface area contributed by atoms with Gasteiger partial charge in [0.1, 0.15) is 6.10 Å². The second-order valence-electron chi connectivity index (χ2n) is 6.15. The fraction of sp³-hybridized carbons (Fsp3) is 0.200. The molecule has 24 heavy (non-hydrogen) atoms. The van der Waals surface area contributed by atoms with E-state index in [9.17, 15) is 0 Å². The number of pyridine rings is 2. The van der Waals surface area contributed by atoms with Gasteiger partial charge >= 0.3 is 0 Å². The second-order valence-corrected chi connectivity index (χ2v) is 6.55. The zero-order valence-electron chi connectivity index (χ0n) is 13.4. The molecule has 0 unspecified atom stereocenters. The Bertz CT molecular complexity index is 890. The summed E-state index contributed by atoms with van der Waals surface area (Å²) < 4.78 is 5.78. The molecular weight excluding hydrogens is 320 g/mol. The van der Waals surface area contributed by atoms with Crippen LogP contribution in [-0.4, -0.2) is 16.1 Å². The molecule has 4 rings (SSSR count). The molecule has 1 saturated carbocycles. The predicted molar refractivity (Wildman–Crippen MR) is 96.3 cm³/mol. The van der Waals surface area contributed by atoms with Crippen molar-refractivity contribution in [1.29, 1.82) is 0 Å². The molecule has 1 aliphatic rings. The van der Waals surface area contributed by atoms with Crippen molar-refractivity contribution < 1.29 is 4.74 Å². The monoisotopic (exact) mass is 336 g/mol. The van der Waals surface area contributed by atoms with Gasteiger partial charge in [-0.15, -0.1) is 0 Å². The first kappa shape index (κ1) is 15.2. The molecular formula is C20H17ClN2O. The number of nitrogens with zero attached hydrogens (tertiary/aromatic N) is 2. The van der Waals surface area contributed by atoms with Gasteiger partial charge in [0.2, 0.25) is 5.88 Å². The molecule has 0 atom stereocenters. The Kier molecular flexibility index (Phi) is 3.95. The van der Waals surface area contributed by atoms with Gasteiger partial charge in [0.05, 0.1) is 0 Å². The molecule has 2 aromatic heterocycles. The highest BCUT2D eigenvalue weighted by Crippen LogP contribution is 2.32. The molecule has 0 radical (unpaired) electrons. The maximum absolute atomic E-state index is 6.39. The Morgan fingerprint density at radius 3 is 2.62 bits per heavy atom. The molecule has 1 aromatic carbocycles. The summed E-state index contributed by atoms with van der Waals surface area (Å²) in [6.45, 7) is 2.03. The number of ether oxygens (including phenoxy) is 1. The minimum Gasteiger partial charge on any atom is -0.474 e. The summed E-state index contributed by atoms with van der Waals surface area (Å²) in [5, 5.41) is 0.737. The van der Waals surface area contributed by atoms with Gasteiger partial charge in [-0.2, -0.15) is 0 Å². The number of hydrogen-bond acceptors (Lipinski definition) is 3. The lowest BCUT2D eigenvalue weighted by molar-refractivity contribution is 0.291. The lowest BCUT2D eigenvalue weighted by Gasteiger charge is -2.09. The Morgan fingerprint density at radius 2 is 1.83 bits per heavy atom. The van der Waals surface area contributed by atoms with E-state index < -0.39 is 0 Å². The van der Waals surface area contributed by atoms with Crippen molar-refractivity contribution in [2.24, 2.45) is 0 Å². The fourth-order valence-corrected chi connectivity index (χ4v) is 2.95. The molecule has 0 N–H and O–H groups in total. The summed E-state index contributed by atoms with van der Waals surface area (Å²) in [6.07, 6.45) is 8.04. The molecule has 3 aromatic rings. The van der Waals surface area contributed by atoms with Gasteiger partial charge in [-0.05, 0) is 49.1 Å². The minimum atomic E-state index is 0.337. The number of aromatic nitrogens is 2. The predicted octanol–water partition coefficient (Wildman–Crippen LogP) is 5.31. The fourth-order valence-electron chi connectivity index (χ4n) is 2.61. The highest BCUT2D eigenvalue weighted by molar-refractivity contribution is 6.33. The highest BCUT2D eigenvalue weighted by Gasteiger charge is 2.24. The Labute approximate surface area is 146 Å². The van der Waals surface area contributed by atoms with Crippen LogP contribution in [-0.2, 0) is 0 Å². The standard InChI is InChI=1S/C20H17ClN2O/c1-13-2-5-18(19(21)8-13)16-9-15(11-22-12-16)14-6-7-23-20(10-14)24-17-3-4-17/h2,5-12,17H,3-4H2,1H3. The molecule has 0 amide bonds. The van der Waals surface area contributed by atoms with E-state index in [4.69, 9.17) is 16.3 Å². The van der Waals surface area contributed by atoms with Crippen LogP contribution in [0.3, 0.4) is 0 Å². The molecule has 1 fully saturated rings. The SMILES string of the molecule is Cc1ccc(-c2cncc(-c3ccnc(OC4CC4)c3)c2)c(Cl)c1. The van der Waals surface area contributed by atoms with Gasteiger partial charge in [-0.3, -0.25) is 4.98 Å². The topological polar surface area (TPSA) is 35.0 Å². The zero-order valence-corrected chi connectivity index (χ0v) is 14.1. The second kappa shape index (κ2) is 6.25. The van der Waals surface area contributed by atoms with Crippen LogP contribution in [0.15, 0.2) is 55.0 Å². The first-order chi connectivity index (χ1) is 11.7. The zero-order chi connectivity index (χ0) is 16.5. The summed E-state index contributed by atoms with van der Waals surface area (Å²) >= 11 is 6.39. The largest absolute Gasteiger partial charge is 0.474 e. The number of rotatable bonds is 4. The maximum Gasteiger partial charge on any atom is 0.214 e. The summed E-state index contributed by atoms with van der Waals surface area (Å²) in [5.74, 6) is 0.675. The van der Waals surface area contributed by atoms with E-state index in [-0.39, 0.29) is 0 Å². The summed E-state index contributed by atoms with van der Waals surface area (Å²) in [7, 11) is 0. The van der Waals surface area contributed by atoms with E-state index in [2.05, 4.69) is 22.1 Å². The third kappa shape index (κ3) is 3.26. The van der Waals surface area contributed by atoms with Crippen molar-refractivity contribution in [2.75, 3.05) is 0 Å². The van der Waals surface area contributed by atoms with Crippen LogP contribution in [0.2, 0.25) is 5.02 Å². The van der Waals surface area contributed by atoms with E-state index >= 15 is 0 Å². The molecule has 0 saturated heterocycles. The molecule has 2 heterocycles. The third-order valence-electron chi connectivity index (χ3n) is 4.05. The van der Waals surface area contributed by atoms with Gasteiger partial charge in [-0.1, -0.05) is 23.7 Å². The molecule has 1 aliphatic carbocycles.